The molecule has 0 saturated carbocycles. The smallest absolute Gasteiger partial charge is 0.124 e. The number of hydrogen-bond acceptors (Lipinski definition) is 4. The molecule has 0 fully saturated rings. The Morgan fingerprint density at radius 3 is 2.62 bits per heavy atom. The van der Waals surface area contributed by atoms with Gasteiger partial charge in [0.25, 0.3) is 0 Å². The van der Waals surface area contributed by atoms with E-state index in [1.807, 2.05) is 18.2 Å². The molecule has 0 aliphatic rings. The van der Waals surface area contributed by atoms with Crippen molar-refractivity contribution in [2.75, 3.05) is 6.61 Å². The van der Waals surface area contributed by atoms with Gasteiger partial charge in [-0.15, -0.1) is 0 Å². The number of rotatable bonds is 7. The van der Waals surface area contributed by atoms with Crippen LogP contribution in [-0.4, -0.2) is 26.2 Å². The van der Waals surface area contributed by atoms with Crippen LogP contribution >= 0.6 is 11.8 Å². The van der Waals surface area contributed by atoms with E-state index in [4.69, 9.17) is 4.98 Å². The van der Waals surface area contributed by atoms with E-state index >= 15 is 0 Å². The quantitative estimate of drug-likeness (QED) is 0.674. The van der Waals surface area contributed by atoms with Crippen molar-refractivity contribution in [2.24, 2.45) is 0 Å². The van der Waals surface area contributed by atoms with Crippen molar-refractivity contribution < 1.29 is 9.50 Å². The van der Waals surface area contributed by atoms with Gasteiger partial charge in [0.05, 0.1) is 12.3 Å². The number of nitrogens with zero attached hydrogens (tertiary/aromatic N) is 3. The van der Waals surface area contributed by atoms with Crippen LogP contribution in [0.2, 0.25) is 0 Å². The lowest BCUT2D eigenvalue weighted by Gasteiger charge is -2.13. The lowest BCUT2D eigenvalue weighted by Crippen LogP contribution is -2.08. The molecule has 4 nitrogen and oxygen atoms in total. The van der Waals surface area contributed by atoms with Crippen molar-refractivity contribution in [1.29, 1.82) is 0 Å². The molecule has 1 aromatic carbocycles. The molecule has 2 heterocycles. The number of benzene rings is 1. The van der Waals surface area contributed by atoms with Crippen LogP contribution in [-0.2, 0) is 13.0 Å². The Morgan fingerprint density at radius 1 is 1.19 bits per heavy atom. The summed E-state index contributed by atoms with van der Waals surface area (Å²) in [6, 6.07) is 10.5. The molecular formula is C20H22FN3OS. The zero-order valence-corrected chi connectivity index (χ0v) is 15.7. The van der Waals surface area contributed by atoms with Gasteiger partial charge in [-0.05, 0) is 41.8 Å². The maximum absolute atomic E-state index is 13.6. The molecule has 26 heavy (non-hydrogen) atoms. The van der Waals surface area contributed by atoms with E-state index in [1.54, 1.807) is 18.5 Å². The summed E-state index contributed by atoms with van der Waals surface area (Å²) in [4.78, 5) is 9.69. The van der Waals surface area contributed by atoms with E-state index in [0.29, 0.717) is 13.0 Å². The number of aliphatic hydroxyl groups is 1. The van der Waals surface area contributed by atoms with Crippen LogP contribution in [0, 0.1) is 5.82 Å². The normalized spacial score (nSPS) is 11.3. The van der Waals surface area contributed by atoms with Gasteiger partial charge < -0.3 is 9.67 Å². The van der Waals surface area contributed by atoms with Gasteiger partial charge in [0, 0.05) is 30.3 Å². The van der Waals surface area contributed by atoms with Gasteiger partial charge in [-0.25, -0.2) is 9.37 Å². The van der Waals surface area contributed by atoms with Crippen LogP contribution in [0.25, 0.3) is 0 Å². The van der Waals surface area contributed by atoms with Gasteiger partial charge in [0.1, 0.15) is 16.7 Å². The summed E-state index contributed by atoms with van der Waals surface area (Å²) < 4.78 is 15.7. The number of hydrogen-bond donors (Lipinski definition) is 1. The molecule has 0 spiro atoms. The number of pyridine rings is 1. The standard InChI is InChI=1S/C20H22FN3OS/c1-14(2)19-20(26-17-5-3-4-16(21)12-17)24(18(23-19)8-11-25)13-15-6-9-22-10-7-15/h3-7,9-10,12,14,25H,8,11,13H2,1-2H3. The number of aromatic nitrogens is 3. The molecule has 0 radical (unpaired) electrons. The Labute approximate surface area is 157 Å². The fourth-order valence-corrected chi connectivity index (χ4v) is 3.96. The second-order valence-electron chi connectivity index (χ2n) is 6.35. The summed E-state index contributed by atoms with van der Waals surface area (Å²) in [5.74, 6) is 0.811. The van der Waals surface area contributed by atoms with Crippen LogP contribution in [0.1, 0.15) is 36.8 Å². The Balaban J connectivity index is 2.06. The second-order valence-corrected chi connectivity index (χ2v) is 7.41. The highest BCUT2D eigenvalue weighted by Crippen LogP contribution is 2.35. The molecule has 6 heteroatoms. The van der Waals surface area contributed by atoms with Crippen molar-refractivity contribution in [3.8, 4) is 0 Å². The van der Waals surface area contributed by atoms with Crippen LogP contribution in [0.15, 0.2) is 58.7 Å². The van der Waals surface area contributed by atoms with Gasteiger partial charge in [-0.3, -0.25) is 4.98 Å². The lowest BCUT2D eigenvalue weighted by molar-refractivity contribution is 0.294. The van der Waals surface area contributed by atoms with Crippen molar-refractivity contribution >= 4 is 11.8 Å². The summed E-state index contributed by atoms with van der Waals surface area (Å²) >= 11 is 1.51. The predicted molar refractivity (Wildman–Crippen MR) is 101 cm³/mol. The summed E-state index contributed by atoms with van der Waals surface area (Å²) in [6.45, 7) is 4.86. The molecule has 2 aromatic heterocycles. The van der Waals surface area contributed by atoms with E-state index in [0.717, 1.165) is 27.0 Å². The molecule has 0 atom stereocenters. The van der Waals surface area contributed by atoms with Crippen LogP contribution in [0.5, 0.6) is 0 Å². The van der Waals surface area contributed by atoms with Gasteiger partial charge in [0.2, 0.25) is 0 Å². The predicted octanol–water partition coefficient (Wildman–Crippen LogP) is 4.27. The maximum atomic E-state index is 13.6. The molecule has 1 N–H and O–H groups in total. The topological polar surface area (TPSA) is 50.9 Å². The molecule has 0 aliphatic carbocycles. The van der Waals surface area contributed by atoms with Gasteiger partial charge in [0.15, 0.2) is 0 Å². The van der Waals surface area contributed by atoms with Crippen molar-refractivity contribution in [1.82, 2.24) is 14.5 Å². The van der Waals surface area contributed by atoms with E-state index in [9.17, 15) is 9.50 Å². The lowest BCUT2D eigenvalue weighted by atomic mass is 10.1. The average molecular weight is 371 g/mol. The van der Waals surface area contributed by atoms with Crippen molar-refractivity contribution in [3.63, 3.8) is 0 Å². The highest BCUT2D eigenvalue weighted by molar-refractivity contribution is 7.99. The Morgan fingerprint density at radius 2 is 1.96 bits per heavy atom. The molecule has 0 unspecified atom stereocenters. The highest BCUT2D eigenvalue weighted by atomic mass is 32.2. The maximum Gasteiger partial charge on any atom is 0.124 e. The van der Waals surface area contributed by atoms with E-state index < -0.39 is 0 Å². The molecule has 0 aliphatic heterocycles. The first-order chi connectivity index (χ1) is 12.6. The number of halogens is 1. The Bertz CT molecular complexity index is 865. The Hall–Kier alpha value is -2.18. The van der Waals surface area contributed by atoms with E-state index in [1.165, 1.54) is 23.9 Å². The first-order valence-corrected chi connectivity index (χ1v) is 9.42. The third kappa shape index (κ3) is 4.31. The Kier molecular flexibility index (Phi) is 6.06. The first-order valence-electron chi connectivity index (χ1n) is 8.61. The largest absolute Gasteiger partial charge is 0.396 e. The minimum Gasteiger partial charge on any atom is -0.396 e. The molecule has 0 bridgehead atoms. The zero-order valence-electron chi connectivity index (χ0n) is 14.9. The minimum atomic E-state index is -0.253. The molecule has 136 valence electrons. The third-order valence-electron chi connectivity index (χ3n) is 4.01. The molecule has 0 amide bonds. The highest BCUT2D eigenvalue weighted by Gasteiger charge is 2.20. The monoisotopic (exact) mass is 371 g/mol. The third-order valence-corrected chi connectivity index (χ3v) is 5.12. The van der Waals surface area contributed by atoms with Crippen molar-refractivity contribution in [3.05, 3.63) is 71.7 Å². The van der Waals surface area contributed by atoms with Crippen LogP contribution in [0.4, 0.5) is 4.39 Å². The molecular weight excluding hydrogens is 349 g/mol. The summed E-state index contributed by atoms with van der Waals surface area (Å²) in [6.07, 6.45) is 4.01. The van der Waals surface area contributed by atoms with Crippen molar-refractivity contribution in [2.45, 2.75) is 42.7 Å². The van der Waals surface area contributed by atoms with Gasteiger partial charge >= 0.3 is 0 Å². The van der Waals surface area contributed by atoms with E-state index in [2.05, 4.69) is 23.4 Å². The zero-order chi connectivity index (χ0) is 18.5. The fourth-order valence-electron chi connectivity index (χ4n) is 2.75. The summed E-state index contributed by atoms with van der Waals surface area (Å²) in [5, 5.41) is 10.4. The average Bonchev–Trinajstić information content (AvgIpc) is 2.94. The van der Waals surface area contributed by atoms with Gasteiger partial charge in [-0.2, -0.15) is 0 Å². The number of imidazole rings is 1. The van der Waals surface area contributed by atoms with Gasteiger partial charge in [-0.1, -0.05) is 31.7 Å². The van der Waals surface area contributed by atoms with Crippen LogP contribution < -0.4 is 0 Å². The first kappa shape index (κ1) is 18.6. The summed E-state index contributed by atoms with van der Waals surface area (Å²) in [7, 11) is 0. The number of aliphatic hydroxyl groups excluding tert-OH is 1. The molecule has 0 saturated heterocycles. The molecule has 3 rings (SSSR count). The van der Waals surface area contributed by atoms with Crippen LogP contribution in [0.3, 0.4) is 0 Å². The van der Waals surface area contributed by atoms with E-state index in [-0.39, 0.29) is 18.3 Å². The summed E-state index contributed by atoms with van der Waals surface area (Å²) in [5.41, 5.74) is 2.07. The second kappa shape index (κ2) is 8.47. The molecule has 3 aromatic rings. The minimum absolute atomic E-state index is 0.0367. The fraction of sp³-hybridized carbons (Fsp3) is 0.300. The SMILES string of the molecule is CC(C)c1nc(CCO)n(Cc2ccncc2)c1Sc1cccc(F)c1.